The van der Waals surface area contributed by atoms with E-state index in [1.807, 2.05) is 79.7 Å². The molecule has 0 unspecified atom stereocenters. The zero-order valence-corrected chi connectivity index (χ0v) is 17.8. The second-order valence-corrected chi connectivity index (χ2v) is 7.90. The van der Waals surface area contributed by atoms with E-state index in [1.165, 1.54) is 11.8 Å². The smallest absolute Gasteiger partial charge is 0.255 e. The molecule has 0 radical (unpaired) electrons. The molecule has 4 rings (SSSR count). The Kier molecular flexibility index (Phi) is 6.59. The molecule has 0 spiro atoms. The third kappa shape index (κ3) is 5.71. The molecule has 5 nitrogen and oxygen atoms in total. The number of nitrogens with zero attached hydrogens (tertiary/aromatic N) is 2. The maximum Gasteiger partial charge on any atom is 0.255 e. The molecule has 1 aromatic heterocycles. The van der Waals surface area contributed by atoms with Crippen molar-refractivity contribution in [2.24, 2.45) is 0 Å². The lowest BCUT2D eigenvalue weighted by molar-refractivity contribution is 0.102. The molecule has 4 aromatic rings. The van der Waals surface area contributed by atoms with Gasteiger partial charge in [-0.1, -0.05) is 30.3 Å². The van der Waals surface area contributed by atoms with E-state index >= 15 is 0 Å². The summed E-state index contributed by atoms with van der Waals surface area (Å²) >= 11 is 1.48. The van der Waals surface area contributed by atoms with Gasteiger partial charge in [0.2, 0.25) is 0 Å². The zero-order valence-electron chi connectivity index (χ0n) is 17.0. The Morgan fingerprint density at radius 1 is 0.935 bits per heavy atom. The number of carbonyl (C=O) groups excluding carboxylic acids is 1. The first-order chi connectivity index (χ1) is 15.2. The summed E-state index contributed by atoms with van der Waals surface area (Å²) in [6.45, 7) is 2.42. The van der Waals surface area contributed by atoms with E-state index in [4.69, 9.17) is 4.74 Å². The first-order valence-electron chi connectivity index (χ1n) is 9.81. The van der Waals surface area contributed by atoms with Gasteiger partial charge in [-0.3, -0.25) is 4.79 Å². The molecule has 31 heavy (non-hydrogen) atoms. The van der Waals surface area contributed by atoms with Crippen molar-refractivity contribution >= 4 is 23.4 Å². The van der Waals surface area contributed by atoms with Gasteiger partial charge in [0.05, 0.1) is 0 Å². The highest BCUT2D eigenvalue weighted by molar-refractivity contribution is 7.99. The van der Waals surface area contributed by atoms with Crippen LogP contribution in [0, 0.1) is 6.92 Å². The molecule has 0 saturated carbocycles. The number of anilines is 1. The van der Waals surface area contributed by atoms with Crippen LogP contribution in [-0.4, -0.2) is 15.9 Å². The van der Waals surface area contributed by atoms with Crippen molar-refractivity contribution in [2.75, 3.05) is 5.32 Å². The number of hydrogen-bond donors (Lipinski definition) is 1. The summed E-state index contributed by atoms with van der Waals surface area (Å²) in [5, 5.41) is 3.67. The SMILES string of the molecule is Cc1cc(Sc2ncccn2)ccc1NC(=O)c1ccc(COc2ccccc2)cc1. The normalized spacial score (nSPS) is 10.5. The summed E-state index contributed by atoms with van der Waals surface area (Å²) in [5.41, 5.74) is 3.35. The average molecular weight is 428 g/mol. The molecule has 0 aliphatic rings. The topological polar surface area (TPSA) is 64.1 Å². The van der Waals surface area contributed by atoms with Crippen molar-refractivity contribution in [3.8, 4) is 5.75 Å². The van der Waals surface area contributed by atoms with E-state index in [0.717, 1.165) is 27.5 Å². The molecule has 154 valence electrons. The van der Waals surface area contributed by atoms with Gasteiger partial charge in [-0.05, 0) is 78.3 Å². The Balaban J connectivity index is 1.36. The van der Waals surface area contributed by atoms with Crippen LogP contribution in [0.3, 0.4) is 0 Å². The summed E-state index contributed by atoms with van der Waals surface area (Å²) in [6.07, 6.45) is 3.44. The van der Waals surface area contributed by atoms with Crippen molar-refractivity contribution in [1.82, 2.24) is 9.97 Å². The van der Waals surface area contributed by atoms with Gasteiger partial charge in [0, 0.05) is 28.5 Å². The molecule has 1 heterocycles. The number of ether oxygens (including phenoxy) is 1. The van der Waals surface area contributed by atoms with E-state index in [1.54, 1.807) is 18.5 Å². The highest BCUT2D eigenvalue weighted by Gasteiger charge is 2.09. The lowest BCUT2D eigenvalue weighted by atomic mass is 10.1. The summed E-state index contributed by atoms with van der Waals surface area (Å²) in [6, 6.07) is 24.8. The van der Waals surface area contributed by atoms with Crippen LogP contribution in [0.1, 0.15) is 21.5 Å². The molecule has 0 aliphatic heterocycles. The van der Waals surface area contributed by atoms with E-state index in [-0.39, 0.29) is 5.91 Å². The molecule has 0 saturated heterocycles. The Hall–Kier alpha value is -3.64. The Morgan fingerprint density at radius 3 is 2.39 bits per heavy atom. The predicted molar refractivity (Wildman–Crippen MR) is 123 cm³/mol. The molecule has 1 amide bonds. The van der Waals surface area contributed by atoms with Crippen LogP contribution in [0.15, 0.2) is 101 Å². The largest absolute Gasteiger partial charge is 0.489 e. The number of aromatic nitrogens is 2. The van der Waals surface area contributed by atoms with Crippen LogP contribution in [0.5, 0.6) is 5.75 Å². The van der Waals surface area contributed by atoms with Gasteiger partial charge in [0.15, 0.2) is 5.16 Å². The molecule has 6 heteroatoms. The van der Waals surface area contributed by atoms with Crippen molar-refractivity contribution in [3.05, 3.63) is 108 Å². The van der Waals surface area contributed by atoms with Crippen LogP contribution in [0.25, 0.3) is 0 Å². The fraction of sp³-hybridized carbons (Fsp3) is 0.0800. The molecular weight excluding hydrogens is 406 g/mol. The Labute approximate surface area is 185 Å². The van der Waals surface area contributed by atoms with Crippen LogP contribution < -0.4 is 10.1 Å². The second kappa shape index (κ2) is 9.91. The quantitative estimate of drug-likeness (QED) is 0.380. The highest BCUT2D eigenvalue weighted by atomic mass is 32.2. The van der Waals surface area contributed by atoms with E-state index in [9.17, 15) is 4.79 Å². The van der Waals surface area contributed by atoms with Gasteiger partial charge < -0.3 is 10.1 Å². The number of carbonyl (C=O) groups is 1. The first kappa shape index (κ1) is 20.6. The fourth-order valence-electron chi connectivity index (χ4n) is 2.91. The van der Waals surface area contributed by atoms with Gasteiger partial charge in [0.25, 0.3) is 5.91 Å². The van der Waals surface area contributed by atoms with Gasteiger partial charge >= 0.3 is 0 Å². The van der Waals surface area contributed by atoms with Gasteiger partial charge in [-0.2, -0.15) is 0 Å². The third-order valence-electron chi connectivity index (χ3n) is 4.56. The fourth-order valence-corrected chi connectivity index (χ4v) is 3.72. The zero-order chi connectivity index (χ0) is 21.5. The van der Waals surface area contributed by atoms with Gasteiger partial charge in [-0.15, -0.1) is 0 Å². The number of aryl methyl sites for hydroxylation is 1. The van der Waals surface area contributed by atoms with Crippen molar-refractivity contribution < 1.29 is 9.53 Å². The van der Waals surface area contributed by atoms with Crippen molar-refractivity contribution in [3.63, 3.8) is 0 Å². The highest BCUT2D eigenvalue weighted by Crippen LogP contribution is 2.28. The lowest BCUT2D eigenvalue weighted by Gasteiger charge is -2.11. The standard InChI is InChI=1S/C25H21N3O2S/c1-18-16-22(31-25-26-14-5-15-27-25)12-13-23(18)28-24(29)20-10-8-19(9-11-20)17-30-21-6-3-2-4-7-21/h2-16H,17H2,1H3,(H,28,29). The monoisotopic (exact) mass is 427 g/mol. The Bertz CT molecular complexity index is 1150. The van der Waals surface area contributed by atoms with E-state index < -0.39 is 0 Å². The summed E-state index contributed by atoms with van der Waals surface area (Å²) in [7, 11) is 0. The van der Waals surface area contributed by atoms with Crippen LogP contribution in [0.2, 0.25) is 0 Å². The molecule has 3 aromatic carbocycles. The lowest BCUT2D eigenvalue weighted by Crippen LogP contribution is -2.12. The van der Waals surface area contributed by atoms with Gasteiger partial charge in [0.1, 0.15) is 12.4 Å². The second-order valence-electron chi connectivity index (χ2n) is 6.86. The maximum absolute atomic E-state index is 12.7. The first-order valence-corrected chi connectivity index (χ1v) is 10.6. The number of nitrogens with one attached hydrogen (secondary N) is 1. The molecule has 0 aliphatic carbocycles. The molecule has 0 fully saturated rings. The number of rotatable bonds is 7. The van der Waals surface area contributed by atoms with Gasteiger partial charge in [-0.25, -0.2) is 9.97 Å². The minimum atomic E-state index is -0.148. The molecular formula is C25H21N3O2S. The molecule has 0 bridgehead atoms. The van der Waals surface area contributed by atoms with E-state index in [0.29, 0.717) is 17.3 Å². The van der Waals surface area contributed by atoms with Crippen LogP contribution in [0.4, 0.5) is 5.69 Å². The molecule has 0 atom stereocenters. The van der Waals surface area contributed by atoms with Crippen LogP contribution >= 0.6 is 11.8 Å². The van der Waals surface area contributed by atoms with E-state index in [2.05, 4.69) is 15.3 Å². The number of para-hydroxylation sites is 1. The Morgan fingerprint density at radius 2 is 1.68 bits per heavy atom. The minimum Gasteiger partial charge on any atom is -0.489 e. The number of benzene rings is 3. The average Bonchev–Trinajstić information content (AvgIpc) is 2.81. The number of hydrogen-bond acceptors (Lipinski definition) is 5. The van der Waals surface area contributed by atoms with Crippen LogP contribution in [-0.2, 0) is 6.61 Å². The molecule has 1 N–H and O–H groups in total. The minimum absolute atomic E-state index is 0.148. The summed E-state index contributed by atoms with van der Waals surface area (Å²) < 4.78 is 5.75. The van der Waals surface area contributed by atoms with Crippen molar-refractivity contribution in [2.45, 2.75) is 23.6 Å². The number of amides is 1. The van der Waals surface area contributed by atoms with Crippen molar-refractivity contribution in [1.29, 1.82) is 0 Å². The third-order valence-corrected chi connectivity index (χ3v) is 5.45. The summed E-state index contributed by atoms with van der Waals surface area (Å²) in [4.78, 5) is 22.1. The predicted octanol–water partition coefficient (Wildman–Crippen LogP) is 5.77. The summed E-state index contributed by atoms with van der Waals surface area (Å²) in [5.74, 6) is 0.672. The maximum atomic E-state index is 12.7.